The van der Waals surface area contributed by atoms with E-state index in [1.165, 1.54) is 0 Å². The van der Waals surface area contributed by atoms with E-state index in [2.05, 4.69) is 20.2 Å². The fraction of sp³-hybridized carbons (Fsp3) is 0.444. The van der Waals surface area contributed by atoms with Gasteiger partial charge < -0.3 is 4.90 Å². The molecule has 0 atom stereocenters. The first-order valence-corrected chi connectivity index (χ1v) is 5.69. The van der Waals surface area contributed by atoms with Crippen molar-refractivity contribution in [2.75, 3.05) is 18.0 Å². The van der Waals surface area contributed by atoms with Crippen LogP contribution in [0.25, 0.3) is 0 Å². The maximum atomic E-state index is 4.23. The molecule has 3 rings (SSSR count). The summed E-state index contributed by atoms with van der Waals surface area (Å²) in [5, 5.41) is 14.4. The van der Waals surface area contributed by atoms with Gasteiger partial charge in [-0.3, -0.25) is 4.68 Å². The summed E-state index contributed by atoms with van der Waals surface area (Å²) < 4.78 is 2.00. The van der Waals surface area contributed by atoms with E-state index in [1.54, 1.807) is 11.3 Å². The van der Waals surface area contributed by atoms with Crippen molar-refractivity contribution < 1.29 is 0 Å². The van der Waals surface area contributed by atoms with E-state index >= 15 is 0 Å². The van der Waals surface area contributed by atoms with Crippen LogP contribution in [-0.4, -0.2) is 33.1 Å². The van der Waals surface area contributed by atoms with E-state index in [0.717, 1.165) is 23.2 Å². The van der Waals surface area contributed by atoms with Crippen LogP contribution in [0.5, 0.6) is 0 Å². The van der Waals surface area contributed by atoms with Gasteiger partial charge >= 0.3 is 0 Å². The summed E-state index contributed by atoms with van der Waals surface area (Å²) in [6, 6.07) is 2.45. The Morgan fingerprint density at radius 3 is 2.87 bits per heavy atom. The van der Waals surface area contributed by atoms with Crippen LogP contribution in [0.1, 0.15) is 11.0 Å². The molecule has 2 aromatic rings. The molecule has 78 valence electrons. The maximum absolute atomic E-state index is 4.23. The predicted molar refractivity (Wildman–Crippen MR) is 58.1 cm³/mol. The molecule has 0 aliphatic carbocycles. The molecule has 0 N–H and O–H groups in total. The Morgan fingerprint density at radius 2 is 2.27 bits per heavy atom. The average Bonchev–Trinajstić information content (AvgIpc) is 2.74. The SMILES string of the molecule is Cc1nnc(N2CC(n3cccn3)C2)s1. The standard InChI is InChI=1S/C9H11N5S/c1-7-11-12-9(15-7)13-5-8(6-13)14-4-2-3-10-14/h2-4,8H,5-6H2,1H3. The Hall–Kier alpha value is -1.43. The van der Waals surface area contributed by atoms with Crippen LogP contribution in [0.15, 0.2) is 18.5 Å². The summed E-state index contributed by atoms with van der Waals surface area (Å²) >= 11 is 1.64. The second kappa shape index (κ2) is 3.30. The molecule has 6 heteroatoms. The van der Waals surface area contributed by atoms with Crippen molar-refractivity contribution >= 4 is 16.5 Å². The number of aromatic nitrogens is 4. The van der Waals surface area contributed by atoms with Gasteiger partial charge in [0.15, 0.2) is 0 Å². The zero-order valence-electron chi connectivity index (χ0n) is 8.37. The van der Waals surface area contributed by atoms with Crippen LogP contribution >= 0.6 is 11.3 Å². The summed E-state index contributed by atoms with van der Waals surface area (Å²) in [6.07, 6.45) is 3.82. The molecule has 1 aliphatic rings. The molecule has 15 heavy (non-hydrogen) atoms. The third-order valence-corrected chi connectivity index (χ3v) is 3.45. The molecule has 0 radical (unpaired) electrons. The van der Waals surface area contributed by atoms with Gasteiger partial charge in [-0.1, -0.05) is 11.3 Å². The van der Waals surface area contributed by atoms with Crippen LogP contribution in [0, 0.1) is 6.92 Å². The van der Waals surface area contributed by atoms with E-state index < -0.39 is 0 Å². The molecule has 5 nitrogen and oxygen atoms in total. The van der Waals surface area contributed by atoms with Crippen LogP contribution in [0.3, 0.4) is 0 Å². The van der Waals surface area contributed by atoms with Crippen molar-refractivity contribution in [1.82, 2.24) is 20.0 Å². The number of anilines is 1. The first-order valence-electron chi connectivity index (χ1n) is 4.87. The van der Waals surface area contributed by atoms with Crippen molar-refractivity contribution in [2.24, 2.45) is 0 Å². The first kappa shape index (κ1) is 8.84. The largest absolute Gasteiger partial charge is 0.342 e. The number of rotatable bonds is 2. The lowest BCUT2D eigenvalue weighted by atomic mass is 10.1. The molecule has 0 spiro atoms. The van der Waals surface area contributed by atoms with Gasteiger partial charge in [-0.25, -0.2) is 0 Å². The van der Waals surface area contributed by atoms with Gasteiger partial charge in [-0.2, -0.15) is 5.10 Å². The Balaban J connectivity index is 1.67. The van der Waals surface area contributed by atoms with Gasteiger partial charge in [-0.05, 0) is 13.0 Å². The summed E-state index contributed by atoms with van der Waals surface area (Å²) in [5.41, 5.74) is 0. The molecule has 2 aromatic heterocycles. The van der Waals surface area contributed by atoms with Gasteiger partial charge in [0.25, 0.3) is 0 Å². The van der Waals surface area contributed by atoms with Crippen LogP contribution < -0.4 is 4.90 Å². The van der Waals surface area contributed by atoms with E-state index in [-0.39, 0.29) is 0 Å². The predicted octanol–water partition coefficient (Wildman–Crippen LogP) is 1.10. The fourth-order valence-corrected chi connectivity index (χ4v) is 2.40. The summed E-state index contributed by atoms with van der Waals surface area (Å²) in [5.74, 6) is 0. The van der Waals surface area contributed by atoms with Gasteiger partial charge in [0.1, 0.15) is 5.01 Å². The summed E-state index contributed by atoms with van der Waals surface area (Å²) in [4.78, 5) is 2.23. The third kappa shape index (κ3) is 1.50. The summed E-state index contributed by atoms with van der Waals surface area (Å²) in [7, 11) is 0. The zero-order valence-corrected chi connectivity index (χ0v) is 9.18. The Labute approximate surface area is 91.4 Å². The molecule has 1 fully saturated rings. The minimum Gasteiger partial charge on any atom is -0.342 e. The molecular weight excluding hydrogens is 210 g/mol. The van der Waals surface area contributed by atoms with Crippen molar-refractivity contribution in [3.63, 3.8) is 0 Å². The third-order valence-electron chi connectivity index (χ3n) is 2.55. The van der Waals surface area contributed by atoms with E-state index in [0.29, 0.717) is 6.04 Å². The van der Waals surface area contributed by atoms with E-state index in [4.69, 9.17) is 0 Å². The molecule has 0 aromatic carbocycles. The van der Waals surface area contributed by atoms with Gasteiger partial charge in [0.05, 0.1) is 6.04 Å². The van der Waals surface area contributed by atoms with Crippen LogP contribution in [0.4, 0.5) is 5.13 Å². The van der Waals surface area contributed by atoms with Crippen molar-refractivity contribution in [3.8, 4) is 0 Å². The van der Waals surface area contributed by atoms with Crippen molar-refractivity contribution in [3.05, 3.63) is 23.5 Å². The molecule has 0 unspecified atom stereocenters. The monoisotopic (exact) mass is 221 g/mol. The molecule has 1 aliphatic heterocycles. The number of hydrogen-bond acceptors (Lipinski definition) is 5. The van der Waals surface area contributed by atoms with Gasteiger partial charge in [0, 0.05) is 25.5 Å². The number of nitrogens with zero attached hydrogens (tertiary/aromatic N) is 5. The normalized spacial score (nSPS) is 16.7. The molecule has 0 amide bonds. The first-order chi connectivity index (χ1) is 7.33. The molecule has 1 saturated heterocycles. The Morgan fingerprint density at radius 1 is 1.40 bits per heavy atom. The minimum atomic E-state index is 0.490. The second-order valence-electron chi connectivity index (χ2n) is 3.65. The maximum Gasteiger partial charge on any atom is 0.208 e. The lowest BCUT2D eigenvalue weighted by Crippen LogP contribution is -2.48. The molecule has 3 heterocycles. The van der Waals surface area contributed by atoms with E-state index in [1.807, 2.05) is 30.1 Å². The lowest BCUT2D eigenvalue weighted by molar-refractivity contribution is 0.367. The molecule has 0 saturated carbocycles. The highest BCUT2D eigenvalue weighted by atomic mass is 32.1. The highest BCUT2D eigenvalue weighted by Gasteiger charge is 2.30. The smallest absolute Gasteiger partial charge is 0.208 e. The van der Waals surface area contributed by atoms with Crippen molar-refractivity contribution in [1.29, 1.82) is 0 Å². The highest BCUT2D eigenvalue weighted by molar-refractivity contribution is 7.15. The van der Waals surface area contributed by atoms with Gasteiger partial charge in [-0.15, -0.1) is 10.2 Å². The topological polar surface area (TPSA) is 46.8 Å². The van der Waals surface area contributed by atoms with Crippen LogP contribution in [-0.2, 0) is 0 Å². The lowest BCUT2D eigenvalue weighted by Gasteiger charge is -2.38. The summed E-state index contributed by atoms with van der Waals surface area (Å²) in [6.45, 7) is 3.94. The second-order valence-corrected chi connectivity index (χ2v) is 4.81. The number of hydrogen-bond donors (Lipinski definition) is 0. The van der Waals surface area contributed by atoms with E-state index in [9.17, 15) is 0 Å². The average molecular weight is 221 g/mol. The highest BCUT2D eigenvalue weighted by Crippen LogP contribution is 2.29. The number of aryl methyl sites for hydroxylation is 1. The van der Waals surface area contributed by atoms with Gasteiger partial charge in [0.2, 0.25) is 5.13 Å². The quantitative estimate of drug-likeness (QED) is 0.762. The fourth-order valence-electron chi connectivity index (χ4n) is 1.69. The Bertz CT molecular complexity index is 443. The Kier molecular flexibility index (Phi) is 1.95. The zero-order chi connectivity index (χ0) is 10.3. The minimum absolute atomic E-state index is 0.490. The van der Waals surface area contributed by atoms with Crippen LogP contribution in [0.2, 0.25) is 0 Å². The van der Waals surface area contributed by atoms with Crippen molar-refractivity contribution in [2.45, 2.75) is 13.0 Å². The molecule has 0 bridgehead atoms. The molecular formula is C9H11N5S.